The Kier molecular flexibility index (Phi) is 4.81. The summed E-state index contributed by atoms with van der Waals surface area (Å²) in [7, 11) is 0. The van der Waals surface area contributed by atoms with E-state index in [0.717, 1.165) is 11.1 Å². The van der Waals surface area contributed by atoms with Gasteiger partial charge in [-0.2, -0.15) is 5.26 Å². The molecule has 0 bridgehead atoms. The van der Waals surface area contributed by atoms with Crippen LogP contribution in [0.3, 0.4) is 0 Å². The average Bonchev–Trinajstić information content (AvgIpc) is 2.49. The number of oxime groups is 1. The molecule has 0 atom stereocenters. The third-order valence-electron chi connectivity index (χ3n) is 2.95. The fraction of sp³-hybridized carbons (Fsp3) is 0.125. The molecule has 0 aromatic heterocycles. The third kappa shape index (κ3) is 3.53. The van der Waals surface area contributed by atoms with Crippen LogP contribution in [0.2, 0.25) is 5.02 Å². The van der Waals surface area contributed by atoms with Crippen LogP contribution < -0.4 is 4.74 Å². The molecule has 0 heterocycles. The Bertz CT molecular complexity index is 720. The Hall–Kier alpha value is -2.51. The van der Waals surface area contributed by atoms with Crippen molar-refractivity contribution in [2.75, 3.05) is 0 Å². The van der Waals surface area contributed by atoms with Gasteiger partial charge in [0.15, 0.2) is 5.71 Å². The van der Waals surface area contributed by atoms with Crippen molar-refractivity contribution in [1.82, 2.24) is 0 Å². The lowest BCUT2D eigenvalue weighted by atomic mass is 10.0. The number of hydrogen-bond donors (Lipinski definition) is 1. The van der Waals surface area contributed by atoms with Gasteiger partial charge in [-0.1, -0.05) is 47.1 Å². The molecule has 0 aliphatic carbocycles. The van der Waals surface area contributed by atoms with E-state index in [1.54, 1.807) is 24.3 Å². The van der Waals surface area contributed by atoms with Crippen LogP contribution >= 0.6 is 11.6 Å². The molecule has 0 saturated heterocycles. The quantitative estimate of drug-likeness (QED) is 0.528. The molecule has 0 radical (unpaired) electrons. The fourth-order valence-corrected chi connectivity index (χ4v) is 2.18. The molecular formula is C16H13ClN2O2. The van der Waals surface area contributed by atoms with Crippen molar-refractivity contribution in [2.45, 2.75) is 13.5 Å². The molecule has 0 aliphatic rings. The monoisotopic (exact) mass is 300 g/mol. The number of halogens is 1. The van der Waals surface area contributed by atoms with Crippen LogP contribution in [0.1, 0.15) is 16.7 Å². The Morgan fingerprint density at radius 3 is 2.76 bits per heavy atom. The van der Waals surface area contributed by atoms with Crippen LogP contribution in [0.5, 0.6) is 5.75 Å². The molecule has 21 heavy (non-hydrogen) atoms. The van der Waals surface area contributed by atoms with Gasteiger partial charge < -0.3 is 9.94 Å². The van der Waals surface area contributed by atoms with E-state index in [2.05, 4.69) is 5.16 Å². The SMILES string of the molecule is Cc1ccc(OCc2ccccc2/C(C#N)=N\O)c(Cl)c1. The number of ether oxygens (including phenoxy) is 1. The first kappa shape index (κ1) is 14.9. The number of nitrogens with zero attached hydrogens (tertiary/aromatic N) is 2. The molecule has 0 unspecified atom stereocenters. The van der Waals surface area contributed by atoms with E-state index >= 15 is 0 Å². The normalized spacial score (nSPS) is 11.0. The lowest BCUT2D eigenvalue weighted by Gasteiger charge is -2.11. The molecule has 2 aromatic rings. The molecule has 5 heteroatoms. The zero-order valence-corrected chi connectivity index (χ0v) is 12.1. The smallest absolute Gasteiger partial charge is 0.187 e. The van der Waals surface area contributed by atoms with Gasteiger partial charge in [-0.05, 0) is 30.2 Å². The molecule has 106 valence electrons. The predicted molar refractivity (Wildman–Crippen MR) is 80.9 cm³/mol. The zero-order chi connectivity index (χ0) is 15.2. The molecule has 2 aromatic carbocycles. The molecule has 0 saturated carbocycles. The van der Waals surface area contributed by atoms with E-state index in [1.807, 2.05) is 31.2 Å². The number of hydrogen-bond acceptors (Lipinski definition) is 4. The van der Waals surface area contributed by atoms with Crippen molar-refractivity contribution < 1.29 is 9.94 Å². The van der Waals surface area contributed by atoms with Crippen molar-refractivity contribution in [3.8, 4) is 11.8 Å². The first-order chi connectivity index (χ1) is 10.2. The minimum atomic E-state index is -0.0517. The van der Waals surface area contributed by atoms with Crippen LogP contribution in [-0.4, -0.2) is 10.9 Å². The van der Waals surface area contributed by atoms with Crippen molar-refractivity contribution in [3.63, 3.8) is 0 Å². The minimum Gasteiger partial charge on any atom is -0.487 e. The number of aryl methyl sites for hydroxylation is 1. The Morgan fingerprint density at radius 1 is 1.33 bits per heavy atom. The van der Waals surface area contributed by atoms with E-state index in [4.69, 9.17) is 26.8 Å². The highest BCUT2D eigenvalue weighted by Gasteiger charge is 2.10. The van der Waals surface area contributed by atoms with E-state index in [1.165, 1.54) is 0 Å². The van der Waals surface area contributed by atoms with Crippen LogP contribution in [0.25, 0.3) is 0 Å². The van der Waals surface area contributed by atoms with Gasteiger partial charge in [0, 0.05) is 5.56 Å². The average molecular weight is 301 g/mol. The van der Waals surface area contributed by atoms with Crippen molar-refractivity contribution in [3.05, 3.63) is 64.2 Å². The molecule has 0 fully saturated rings. The summed E-state index contributed by atoms with van der Waals surface area (Å²) in [5, 5.41) is 21.4. The second kappa shape index (κ2) is 6.78. The molecule has 4 nitrogen and oxygen atoms in total. The summed E-state index contributed by atoms with van der Waals surface area (Å²) in [4.78, 5) is 0. The van der Waals surface area contributed by atoms with Crippen LogP contribution in [0.4, 0.5) is 0 Å². The summed E-state index contributed by atoms with van der Waals surface area (Å²) in [5.41, 5.74) is 2.27. The van der Waals surface area contributed by atoms with Crippen molar-refractivity contribution >= 4 is 17.3 Å². The summed E-state index contributed by atoms with van der Waals surface area (Å²) in [6.07, 6.45) is 0. The molecule has 0 spiro atoms. The highest BCUT2D eigenvalue weighted by atomic mass is 35.5. The first-order valence-corrected chi connectivity index (χ1v) is 6.63. The van der Waals surface area contributed by atoms with Gasteiger partial charge in [-0.25, -0.2) is 0 Å². The summed E-state index contributed by atoms with van der Waals surface area (Å²) in [6, 6.07) is 14.5. The zero-order valence-electron chi connectivity index (χ0n) is 11.4. The van der Waals surface area contributed by atoms with Crippen LogP contribution in [-0.2, 0) is 6.61 Å². The molecule has 0 aliphatic heterocycles. The maximum Gasteiger partial charge on any atom is 0.187 e. The number of nitriles is 1. The second-order valence-corrected chi connectivity index (χ2v) is 4.85. The van der Waals surface area contributed by atoms with E-state index in [0.29, 0.717) is 16.3 Å². The maximum atomic E-state index is 8.96. The number of rotatable bonds is 4. The van der Waals surface area contributed by atoms with Gasteiger partial charge in [0.25, 0.3) is 0 Å². The molecule has 0 amide bonds. The van der Waals surface area contributed by atoms with E-state index < -0.39 is 0 Å². The second-order valence-electron chi connectivity index (χ2n) is 4.44. The molecule has 1 N–H and O–H groups in total. The van der Waals surface area contributed by atoms with Crippen LogP contribution in [0, 0.1) is 18.3 Å². The van der Waals surface area contributed by atoms with E-state index in [-0.39, 0.29) is 12.3 Å². The number of benzene rings is 2. The van der Waals surface area contributed by atoms with Gasteiger partial charge in [0.05, 0.1) is 5.02 Å². The maximum absolute atomic E-state index is 8.96. The van der Waals surface area contributed by atoms with Gasteiger partial charge in [-0.3, -0.25) is 0 Å². The summed E-state index contributed by atoms with van der Waals surface area (Å²) in [6.45, 7) is 2.17. The van der Waals surface area contributed by atoms with Gasteiger partial charge in [-0.15, -0.1) is 0 Å². The highest BCUT2D eigenvalue weighted by Crippen LogP contribution is 2.26. The Morgan fingerprint density at radius 2 is 2.10 bits per heavy atom. The van der Waals surface area contributed by atoms with E-state index in [9.17, 15) is 0 Å². The lowest BCUT2D eigenvalue weighted by molar-refractivity contribution is 0.305. The standard InChI is InChI=1S/C16H13ClN2O2/c1-11-6-7-16(14(17)8-11)21-10-12-4-2-3-5-13(12)15(9-18)19-20/h2-8,20H,10H2,1H3/b19-15-. The van der Waals surface area contributed by atoms with Gasteiger partial charge in [0.1, 0.15) is 18.4 Å². The van der Waals surface area contributed by atoms with Crippen molar-refractivity contribution in [1.29, 1.82) is 5.26 Å². The summed E-state index contributed by atoms with van der Waals surface area (Å²) in [5.74, 6) is 0.566. The first-order valence-electron chi connectivity index (χ1n) is 6.25. The lowest BCUT2D eigenvalue weighted by Crippen LogP contribution is -2.06. The largest absolute Gasteiger partial charge is 0.487 e. The highest BCUT2D eigenvalue weighted by molar-refractivity contribution is 6.32. The summed E-state index contributed by atoms with van der Waals surface area (Å²) >= 11 is 6.11. The fourth-order valence-electron chi connectivity index (χ4n) is 1.89. The van der Waals surface area contributed by atoms with Gasteiger partial charge >= 0.3 is 0 Å². The minimum absolute atomic E-state index is 0.0517. The topological polar surface area (TPSA) is 65.6 Å². The van der Waals surface area contributed by atoms with Gasteiger partial charge in [0.2, 0.25) is 0 Å². The molecular weight excluding hydrogens is 288 g/mol. The van der Waals surface area contributed by atoms with Crippen LogP contribution in [0.15, 0.2) is 47.6 Å². The molecule has 2 rings (SSSR count). The van der Waals surface area contributed by atoms with Crippen molar-refractivity contribution in [2.24, 2.45) is 5.16 Å². The Labute approximate surface area is 127 Å². The third-order valence-corrected chi connectivity index (χ3v) is 3.24. The summed E-state index contributed by atoms with van der Waals surface area (Å²) < 4.78 is 5.68. The predicted octanol–water partition coefficient (Wildman–Crippen LogP) is 3.93. The Balaban J connectivity index is 2.23.